The van der Waals surface area contributed by atoms with E-state index in [4.69, 9.17) is 4.74 Å². The fourth-order valence-corrected chi connectivity index (χ4v) is 3.33. The molecule has 1 aliphatic heterocycles. The number of nitrogens with one attached hydrogen (secondary N) is 2. The summed E-state index contributed by atoms with van der Waals surface area (Å²) in [4.78, 5) is 12.4. The maximum absolute atomic E-state index is 14.6. The Balaban J connectivity index is 1.61. The van der Waals surface area contributed by atoms with Gasteiger partial charge in [-0.3, -0.25) is 0 Å². The molecule has 0 unspecified atom stereocenters. The second-order valence-corrected chi connectivity index (χ2v) is 6.41. The van der Waals surface area contributed by atoms with E-state index in [0.717, 1.165) is 12.1 Å². The molecule has 0 fully saturated rings. The molecule has 0 aliphatic carbocycles. The second-order valence-electron chi connectivity index (χ2n) is 6.41. The maximum Gasteiger partial charge on any atom is 0.319 e. The van der Waals surface area contributed by atoms with Crippen LogP contribution in [0.4, 0.5) is 23.7 Å². The van der Waals surface area contributed by atoms with Crippen LogP contribution in [-0.4, -0.2) is 33.3 Å². The first-order valence-corrected chi connectivity index (χ1v) is 8.58. The van der Waals surface area contributed by atoms with Crippen molar-refractivity contribution in [1.29, 1.82) is 0 Å². The van der Waals surface area contributed by atoms with Gasteiger partial charge in [0, 0.05) is 29.3 Å². The zero-order chi connectivity index (χ0) is 20.5. The number of hydrogen-bond acceptors (Lipinski definition) is 5. The van der Waals surface area contributed by atoms with Crippen LogP contribution in [0, 0.1) is 17.5 Å². The molecule has 29 heavy (non-hydrogen) atoms. The van der Waals surface area contributed by atoms with E-state index in [1.807, 2.05) is 0 Å². The Morgan fingerprint density at radius 2 is 1.86 bits per heavy atom. The van der Waals surface area contributed by atoms with Crippen LogP contribution in [0.5, 0.6) is 5.75 Å². The lowest BCUT2D eigenvalue weighted by Gasteiger charge is -2.21. The van der Waals surface area contributed by atoms with Gasteiger partial charge in [0.25, 0.3) is 0 Å². The minimum atomic E-state index is -0.886. The van der Waals surface area contributed by atoms with Crippen LogP contribution in [0.3, 0.4) is 0 Å². The number of hydrogen-bond donors (Lipinski definition) is 2. The molecule has 0 bridgehead atoms. The Morgan fingerprint density at radius 3 is 2.52 bits per heavy atom. The van der Waals surface area contributed by atoms with Crippen LogP contribution in [0.2, 0.25) is 0 Å². The van der Waals surface area contributed by atoms with Gasteiger partial charge < -0.3 is 15.4 Å². The summed E-state index contributed by atoms with van der Waals surface area (Å²) in [5, 5.41) is 16.4. The van der Waals surface area contributed by atoms with Crippen molar-refractivity contribution in [1.82, 2.24) is 25.5 Å². The second kappa shape index (κ2) is 7.41. The highest BCUT2D eigenvalue weighted by Crippen LogP contribution is 2.40. The standard InChI is InChI=1S/C18H15F3N6O2/c1-29-11-6-13(20)15(14(21)7-11)12-8-27-17(24-25-26-27)16(12)23-18(28)22-10-4-2-9(19)3-5-10/h2-7,12,16H,8H2,1H3,(H2,22,23,28)/t12-,16-/m0/s1. The Kier molecular flexibility index (Phi) is 4.79. The Labute approximate surface area is 162 Å². The van der Waals surface area contributed by atoms with Crippen LogP contribution in [-0.2, 0) is 6.54 Å². The lowest BCUT2D eigenvalue weighted by atomic mass is 9.92. The number of rotatable bonds is 4. The number of nitrogens with zero attached hydrogens (tertiary/aromatic N) is 4. The van der Waals surface area contributed by atoms with Crippen LogP contribution >= 0.6 is 0 Å². The summed E-state index contributed by atoms with van der Waals surface area (Å²) in [5.74, 6) is -2.57. The van der Waals surface area contributed by atoms with Crippen LogP contribution < -0.4 is 15.4 Å². The lowest BCUT2D eigenvalue weighted by Crippen LogP contribution is -2.35. The van der Waals surface area contributed by atoms with Gasteiger partial charge in [-0.15, -0.1) is 5.10 Å². The number of amides is 2. The number of halogens is 3. The van der Waals surface area contributed by atoms with Crippen LogP contribution in [0.1, 0.15) is 23.3 Å². The first-order chi connectivity index (χ1) is 14.0. The summed E-state index contributed by atoms with van der Waals surface area (Å²) in [5.41, 5.74) is 0.130. The molecule has 0 spiro atoms. The quantitative estimate of drug-likeness (QED) is 0.698. The highest BCUT2D eigenvalue weighted by atomic mass is 19.1. The van der Waals surface area contributed by atoms with Crippen molar-refractivity contribution in [3.05, 3.63) is 65.2 Å². The largest absolute Gasteiger partial charge is 0.497 e. The Hall–Kier alpha value is -3.63. The van der Waals surface area contributed by atoms with Gasteiger partial charge in [-0.2, -0.15) is 0 Å². The summed E-state index contributed by atoms with van der Waals surface area (Å²) in [6.07, 6.45) is 0. The molecule has 1 aliphatic rings. The van der Waals surface area contributed by atoms with E-state index in [0.29, 0.717) is 5.69 Å². The Bertz CT molecular complexity index is 1030. The zero-order valence-electron chi connectivity index (χ0n) is 15.1. The molecular formula is C18H15F3N6O2. The van der Waals surface area contributed by atoms with Crippen LogP contribution in [0.15, 0.2) is 36.4 Å². The Morgan fingerprint density at radius 1 is 1.17 bits per heavy atom. The van der Waals surface area contributed by atoms with Gasteiger partial charge in [-0.25, -0.2) is 22.6 Å². The molecule has 2 atom stereocenters. The number of tetrazole rings is 1. The molecule has 4 rings (SSSR count). The smallest absolute Gasteiger partial charge is 0.319 e. The molecule has 0 saturated carbocycles. The zero-order valence-corrected chi connectivity index (χ0v) is 15.1. The van der Waals surface area contributed by atoms with Crippen molar-refractivity contribution < 1.29 is 22.7 Å². The van der Waals surface area contributed by atoms with E-state index < -0.39 is 35.4 Å². The molecule has 1 aromatic heterocycles. The minimum Gasteiger partial charge on any atom is -0.497 e. The van der Waals surface area contributed by atoms with Crippen LogP contribution in [0.25, 0.3) is 0 Å². The van der Waals surface area contributed by atoms with Crippen molar-refractivity contribution in [2.24, 2.45) is 0 Å². The van der Waals surface area contributed by atoms with E-state index in [2.05, 4.69) is 26.2 Å². The fourth-order valence-electron chi connectivity index (χ4n) is 3.33. The number of benzene rings is 2. The molecule has 0 saturated heterocycles. The van der Waals surface area contributed by atoms with Gasteiger partial charge in [-0.05, 0) is 34.7 Å². The summed E-state index contributed by atoms with van der Waals surface area (Å²) in [6, 6.07) is 5.75. The van der Waals surface area contributed by atoms with E-state index in [9.17, 15) is 18.0 Å². The molecule has 11 heteroatoms. The molecule has 2 N–H and O–H groups in total. The molecule has 8 nitrogen and oxygen atoms in total. The summed E-state index contributed by atoms with van der Waals surface area (Å²) in [6.45, 7) is 0.0734. The molecule has 2 heterocycles. The number of ether oxygens (including phenoxy) is 1. The van der Waals surface area contributed by atoms with E-state index in [-0.39, 0.29) is 23.7 Å². The summed E-state index contributed by atoms with van der Waals surface area (Å²) >= 11 is 0. The lowest BCUT2D eigenvalue weighted by molar-refractivity contribution is 0.246. The third-order valence-corrected chi connectivity index (χ3v) is 4.66. The van der Waals surface area contributed by atoms with Gasteiger partial charge in [0.2, 0.25) is 0 Å². The van der Waals surface area contributed by atoms with Gasteiger partial charge in [0.1, 0.15) is 29.2 Å². The van der Waals surface area contributed by atoms with Crippen molar-refractivity contribution in [3.63, 3.8) is 0 Å². The molecule has 3 aromatic rings. The third kappa shape index (κ3) is 3.58. The highest BCUT2D eigenvalue weighted by Gasteiger charge is 2.40. The third-order valence-electron chi connectivity index (χ3n) is 4.66. The number of carbonyl (C=O) groups is 1. The SMILES string of the molecule is COc1cc(F)c([C@@H]2Cn3nnnc3[C@H]2NC(=O)Nc2ccc(F)cc2)c(F)c1. The fraction of sp³-hybridized carbons (Fsp3) is 0.222. The van der Waals surface area contributed by atoms with Crippen molar-refractivity contribution in [3.8, 4) is 5.75 Å². The van der Waals surface area contributed by atoms with Crippen molar-refractivity contribution in [2.45, 2.75) is 18.5 Å². The average molecular weight is 404 g/mol. The minimum absolute atomic E-state index is 0.0397. The number of urea groups is 1. The van der Waals surface area contributed by atoms with E-state index in [1.165, 1.54) is 36.1 Å². The van der Waals surface area contributed by atoms with Crippen molar-refractivity contribution >= 4 is 11.7 Å². The van der Waals surface area contributed by atoms with E-state index in [1.54, 1.807) is 0 Å². The van der Waals surface area contributed by atoms with Gasteiger partial charge in [0.15, 0.2) is 5.82 Å². The maximum atomic E-state index is 14.6. The van der Waals surface area contributed by atoms with Crippen molar-refractivity contribution in [2.75, 3.05) is 12.4 Å². The molecule has 0 radical (unpaired) electrons. The molecule has 150 valence electrons. The molecule has 2 aromatic carbocycles. The number of methoxy groups -OCH3 is 1. The number of aromatic nitrogens is 4. The normalized spacial score (nSPS) is 17.7. The summed E-state index contributed by atoms with van der Waals surface area (Å²) < 4.78 is 48.5. The van der Waals surface area contributed by atoms with Gasteiger partial charge in [-0.1, -0.05) is 0 Å². The predicted octanol–water partition coefficient (Wildman–Crippen LogP) is 2.76. The monoisotopic (exact) mass is 404 g/mol. The number of fused-ring (bicyclic) bond motifs is 1. The average Bonchev–Trinajstić information content (AvgIpc) is 3.26. The molecule has 2 amide bonds. The van der Waals surface area contributed by atoms with E-state index >= 15 is 0 Å². The van der Waals surface area contributed by atoms with Gasteiger partial charge >= 0.3 is 6.03 Å². The highest BCUT2D eigenvalue weighted by molar-refractivity contribution is 5.89. The first kappa shape index (κ1) is 18.7. The number of carbonyl (C=O) groups excluding carboxylic acids is 1. The summed E-state index contributed by atoms with van der Waals surface area (Å²) in [7, 11) is 1.30. The molecular weight excluding hydrogens is 389 g/mol. The van der Waals surface area contributed by atoms with Gasteiger partial charge in [0.05, 0.1) is 13.7 Å². The predicted molar refractivity (Wildman–Crippen MR) is 94.8 cm³/mol. The topological polar surface area (TPSA) is 94.0 Å². The first-order valence-electron chi connectivity index (χ1n) is 8.58. The number of anilines is 1.